The number of hydrogen-bond acceptors (Lipinski definition) is 4. The number of methoxy groups -OCH3 is 2. The number of benzene rings is 1. The van der Waals surface area contributed by atoms with Crippen molar-refractivity contribution in [3.63, 3.8) is 0 Å². The Morgan fingerprint density at radius 3 is 2.46 bits per heavy atom. The Kier molecular flexibility index (Phi) is 5.54. The number of likely N-dealkylation sites (tertiary alicyclic amines) is 1. The van der Waals surface area contributed by atoms with E-state index in [9.17, 15) is 9.59 Å². The fourth-order valence-corrected chi connectivity index (χ4v) is 2.96. The van der Waals surface area contributed by atoms with Gasteiger partial charge < -0.3 is 24.8 Å². The molecule has 2 N–H and O–H groups in total. The van der Waals surface area contributed by atoms with Gasteiger partial charge in [-0.15, -0.1) is 0 Å². The molecule has 2 atom stereocenters. The average molecular weight is 336 g/mol. The summed E-state index contributed by atoms with van der Waals surface area (Å²) in [5.41, 5.74) is 1.90. The van der Waals surface area contributed by atoms with Crippen LogP contribution in [0.2, 0.25) is 0 Å². The number of ether oxygens (including phenoxy) is 2. The van der Waals surface area contributed by atoms with Crippen LogP contribution in [0.3, 0.4) is 0 Å². The SMILES string of the molecule is COc1cc(C)c(C(C)NC(=O)N2CCC(C(=O)O)C2)cc1OC. The van der Waals surface area contributed by atoms with Gasteiger partial charge in [-0.05, 0) is 43.5 Å². The predicted octanol–water partition coefficient (Wildman–Crippen LogP) is 2.19. The first-order chi connectivity index (χ1) is 11.4. The third kappa shape index (κ3) is 3.72. The van der Waals surface area contributed by atoms with Crippen LogP contribution in [0.25, 0.3) is 0 Å². The first-order valence-electron chi connectivity index (χ1n) is 7.88. The molecule has 1 saturated heterocycles. The minimum Gasteiger partial charge on any atom is -0.493 e. The zero-order valence-corrected chi connectivity index (χ0v) is 14.5. The summed E-state index contributed by atoms with van der Waals surface area (Å²) in [4.78, 5) is 24.9. The second-order valence-corrected chi connectivity index (χ2v) is 6.00. The smallest absolute Gasteiger partial charge is 0.317 e. The molecular weight excluding hydrogens is 312 g/mol. The van der Waals surface area contributed by atoms with E-state index in [4.69, 9.17) is 14.6 Å². The Hall–Kier alpha value is -2.44. The molecule has 1 aromatic rings. The maximum absolute atomic E-state index is 12.4. The van der Waals surface area contributed by atoms with Crippen LogP contribution in [0.1, 0.15) is 30.5 Å². The Labute approximate surface area is 141 Å². The van der Waals surface area contributed by atoms with Gasteiger partial charge in [0.05, 0.1) is 26.2 Å². The molecular formula is C17H24N2O5. The standard InChI is InChI=1S/C17H24N2O5/c1-10-7-14(23-3)15(24-4)8-13(10)11(2)18-17(22)19-6-5-12(9-19)16(20)21/h7-8,11-12H,5-6,9H2,1-4H3,(H,18,22)(H,20,21). The van der Waals surface area contributed by atoms with Gasteiger partial charge in [-0.2, -0.15) is 0 Å². The van der Waals surface area contributed by atoms with E-state index in [-0.39, 0.29) is 18.6 Å². The number of amides is 2. The normalized spacial score (nSPS) is 18.2. The lowest BCUT2D eigenvalue weighted by atomic mass is 10.0. The molecule has 0 aromatic heterocycles. The molecule has 1 aliphatic heterocycles. The Morgan fingerprint density at radius 1 is 1.29 bits per heavy atom. The van der Waals surface area contributed by atoms with Gasteiger partial charge in [0.1, 0.15) is 0 Å². The maximum atomic E-state index is 12.4. The number of hydrogen-bond donors (Lipinski definition) is 2. The molecule has 1 fully saturated rings. The molecule has 24 heavy (non-hydrogen) atoms. The van der Waals surface area contributed by atoms with E-state index in [1.807, 2.05) is 26.0 Å². The second-order valence-electron chi connectivity index (χ2n) is 6.00. The van der Waals surface area contributed by atoms with Crippen molar-refractivity contribution in [1.29, 1.82) is 0 Å². The summed E-state index contributed by atoms with van der Waals surface area (Å²) in [5, 5.41) is 12.0. The van der Waals surface area contributed by atoms with Gasteiger partial charge in [0.15, 0.2) is 11.5 Å². The summed E-state index contributed by atoms with van der Waals surface area (Å²) in [7, 11) is 3.14. The van der Waals surface area contributed by atoms with E-state index in [1.165, 1.54) is 0 Å². The van der Waals surface area contributed by atoms with E-state index in [2.05, 4.69) is 5.32 Å². The van der Waals surface area contributed by atoms with E-state index < -0.39 is 11.9 Å². The highest BCUT2D eigenvalue weighted by Gasteiger charge is 2.31. The molecule has 1 aromatic carbocycles. The number of urea groups is 1. The predicted molar refractivity (Wildman–Crippen MR) is 88.5 cm³/mol. The highest BCUT2D eigenvalue weighted by molar-refractivity contribution is 5.77. The number of carbonyl (C=O) groups excluding carboxylic acids is 1. The van der Waals surface area contributed by atoms with Crippen LogP contribution in [0, 0.1) is 12.8 Å². The van der Waals surface area contributed by atoms with Crippen LogP contribution in [0.5, 0.6) is 11.5 Å². The minimum atomic E-state index is -0.853. The van der Waals surface area contributed by atoms with Crippen molar-refractivity contribution in [3.05, 3.63) is 23.3 Å². The first-order valence-corrected chi connectivity index (χ1v) is 7.88. The lowest BCUT2D eigenvalue weighted by Gasteiger charge is -2.23. The highest BCUT2D eigenvalue weighted by atomic mass is 16.5. The van der Waals surface area contributed by atoms with Gasteiger partial charge in [0.2, 0.25) is 0 Å². The van der Waals surface area contributed by atoms with Crippen LogP contribution in [-0.2, 0) is 4.79 Å². The van der Waals surface area contributed by atoms with Gasteiger partial charge in [0.25, 0.3) is 0 Å². The second kappa shape index (κ2) is 7.42. The molecule has 2 amide bonds. The van der Waals surface area contributed by atoms with Gasteiger partial charge in [-0.25, -0.2) is 4.79 Å². The first kappa shape index (κ1) is 17.9. The summed E-state index contributed by atoms with van der Waals surface area (Å²) in [6.45, 7) is 4.53. The number of nitrogens with one attached hydrogen (secondary N) is 1. The highest BCUT2D eigenvalue weighted by Crippen LogP contribution is 2.33. The molecule has 1 aliphatic rings. The van der Waals surface area contributed by atoms with Crippen molar-refractivity contribution in [2.75, 3.05) is 27.3 Å². The number of aryl methyl sites for hydroxylation is 1. The van der Waals surface area contributed by atoms with Crippen LogP contribution < -0.4 is 14.8 Å². The van der Waals surface area contributed by atoms with Crippen molar-refractivity contribution < 1.29 is 24.2 Å². The van der Waals surface area contributed by atoms with Crippen LogP contribution >= 0.6 is 0 Å². The van der Waals surface area contributed by atoms with E-state index >= 15 is 0 Å². The summed E-state index contributed by atoms with van der Waals surface area (Å²) in [6, 6.07) is 3.23. The number of carbonyl (C=O) groups is 2. The molecule has 0 spiro atoms. The number of rotatable bonds is 5. The lowest BCUT2D eigenvalue weighted by molar-refractivity contribution is -0.141. The number of carboxylic acid groups (broad SMARTS) is 1. The van der Waals surface area contributed by atoms with Gasteiger partial charge >= 0.3 is 12.0 Å². The molecule has 1 heterocycles. The van der Waals surface area contributed by atoms with Crippen LogP contribution in [-0.4, -0.2) is 49.3 Å². The van der Waals surface area contributed by atoms with Crippen molar-refractivity contribution in [2.45, 2.75) is 26.3 Å². The fourth-order valence-electron chi connectivity index (χ4n) is 2.96. The van der Waals surface area contributed by atoms with E-state index in [1.54, 1.807) is 19.1 Å². The number of aliphatic carboxylic acids is 1. The molecule has 2 unspecified atom stereocenters. The summed E-state index contributed by atoms with van der Waals surface area (Å²) in [5.74, 6) is -0.0876. The molecule has 0 saturated carbocycles. The van der Waals surface area contributed by atoms with E-state index in [0.29, 0.717) is 24.5 Å². The van der Waals surface area contributed by atoms with Crippen molar-refractivity contribution in [1.82, 2.24) is 10.2 Å². The summed E-state index contributed by atoms with van der Waals surface area (Å²) >= 11 is 0. The van der Waals surface area contributed by atoms with Gasteiger partial charge in [0, 0.05) is 13.1 Å². The molecule has 7 nitrogen and oxygen atoms in total. The number of nitrogens with zero attached hydrogens (tertiary/aromatic N) is 1. The van der Waals surface area contributed by atoms with Crippen molar-refractivity contribution >= 4 is 12.0 Å². The monoisotopic (exact) mass is 336 g/mol. The third-order valence-electron chi connectivity index (χ3n) is 4.40. The lowest BCUT2D eigenvalue weighted by Crippen LogP contribution is -2.40. The van der Waals surface area contributed by atoms with E-state index in [0.717, 1.165) is 11.1 Å². The molecule has 0 radical (unpaired) electrons. The number of carboxylic acids is 1. The Balaban J connectivity index is 2.08. The molecule has 132 valence electrons. The molecule has 0 aliphatic carbocycles. The van der Waals surface area contributed by atoms with Crippen molar-refractivity contribution in [2.24, 2.45) is 5.92 Å². The Bertz CT molecular complexity index is 632. The minimum absolute atomic E-state index is 0.235. The largest absolute Gasteiger partial charge is 0.493 e. The zero-order chi connectivity index (χ0) is 17.9. The van der Waals surface area contributed by atoms with Gasteiger partial charge in [-0.1, -0.05) is 0 Å². The van der Waals surface area contributed by atoms with Crippen LogP contribution in [0.4, 0.5) is 4.79 Å². The molecule has 7 heteroatoms. The summed E-state index contributed by atoms with van der Waals surface area (Å²) < 4.78 is 10.6. The fraction of sp³-hybridized carbons (Fsp3) is 0.529. The summed E-state index contributed by atoms with van der Waals surface area (Å²) in [6.07, 6.45) is 0.493. The third-order valence-corrected chi connectivity index (χ3v) is 4.40. The van der Waals surface area contributed by atoms with Crippen molar-refractivity contribution in [3.8, 4) is 11.5 Å². The zero-order valence-electron chi connectivity index (χ0n) is 14.5. The molecule has 0 bridgehead atoms. The molecule has 2 rings (SSSR count). The maximum Gasteiger partial charge on any atom is 0.317 e. The average Bonchev–Trinajstić information content (AvgIpc) is 3.04. The van der Waals surface area contributed by atoms with Gasteiger partial charge in [-0.3, -0.25) is 4.79 Å². The quantitative estimate of drug-likeness (QED) is 0.860. The Morgan fingerprint density at radius 2 is 1.92 bits per heavy atom. The van der Waals surface area contributed by atoms with Crippen LogP contribution in [0.15, 0.2) is 12.1 Å². The topological polar surface area (TPSA) is 88.1 Å².